The Balaban J connectivity index is 1.42. The molecule has 1 aliphatic carbocycles. The van der Waals surface area contributed by atoms with Crippen molar-refractivity contribution in [1.82, 2.24) is 24.4 Å². The summed E-state index contributed by atoms with van der Waals surface area (Å²) in [6.45, 7) is 5.40. The number of aromatic nitrogens is 3. The second kappa shape index (κ2) is 10.5. The fourth-order valence-electron chi connectivity index (χ4n) is 4.43. The zero-order valence-electron chi connectivity index (χ0n) is 19.7. The van der Waals surface area contributed by atoms with Gasteiger partial charge in [-0.15, -0.1) is 0 Å². The number of carbonyl (C=O) groups excluding carboxylic acids is 1. The average molecular weight is 482 g/mol. The highest BCUT2D eigenvalue weighted by molar-refractivity contribution is 7.89. The number of sulfonamides is 1. The van der Waals surface area contributed by atoms with Crippen LogP contribution in [-0.2, 0) is 29.4 Å². The first kappa shape index (κ1) is 24.1. The van der Waals surface area contributed by atoms with E-state index < -0.39 is 10.0 Å². The molecule has 0 radical (unpaired) electrons. The first-order chi connectivity index (χ1) is 16.5. The zero-order valence-corrected chi connectivity index (χ0v) is 20.5. The van der Waals surface area contributed by atoms with Crippen LogP contribution in [-0.4, -0.2) is 53.0 Å². The SMILES string of the molecule is CCN(CC)S(=O)(=O)c1ccc(C(=O)NCCn2nc(-c3ccccn3)c3c2CCCC3)cc1. The molecule has 2 heterocycles. The first-order valence-corrected chi connectivity index (χ1v) is 13.3. The fraction of sp³-hybridized carbons (Fsp3) is 0.400. The van der Waals surface area contributed by atoms with E-state index in [0.29, 0.717) is 31.7 Å². The molecule has 0 atom stereocenters. The quantitative estimate of drug-likeness (QED) is 0.506. The molecule has 1 N–H and O–H groups in total. The Kier molecular flexibility index (Phi) is 7.43. The van der Waals surface area contributed by atoms with E-state index in [1.54, 1.807) is 32.2 Å². The van der Waals surface area contributed by atoms with Gasteiger partial charge in [0, 0.05) is 42.7 Å². The monoisotopic (exact) mass is 481 g/mol. The van der Waals surface area contributed by atoms with E-state index in [1.807, 2.05) is 22.9 Å². The number of rotatable bonds is 9. The molecule has 0 saturated carbocycles. The van der Waals surface area contributed by atoms with E-state index >= 15 is 0 Å². The topological polar surface area (TPSA) is 97.2 Å². The molecule has 0 spiro atoms. The molecule has 1 aromatic carbocycles. The molecule has 3 aromatic rings. The van der Waals surface area contributed by atoms with Gasteiger partial charge in [0.1, 0.15) is 5.69 Å². The summed E-state index contributed by atoms with van der Waals surface area (Å²) < 4.78 is 28.7. The maximum Gasteiger partial charge on any atom is 0.251 e. The molecule has 0 unspecified atom stereocenters. The molecular formula is C25H31N5O3S. The molecular weight excluding hydrogens is 450 g/mol. The molecule has 1 amide bonds. The van der Waals surface area contributed by atoms with Crippen molar-refractivity contribution in [1.29, 1.82) is 0 Å². The van der Waals surface area contributed by atoms with Crippen molar-refractivity contribution >= 4 is 15.9 Å². The molecule has 0 saturated heterocycles. The number of carbonyl (C=O) groups is 1. The van der Waals surface area contributed by atoms with E-state index in [2.05, 4.69) is 10.3 Å². The standard InChI is InChI=1S/C25H31N5O3S/c1-3-29(4-2)34(32,33)20-14-12-19(13-15-20)25(31)27-17-18-30-23-11-6-5-9-21(23)24(28-30)22-10-7-8-16-26-22/h7-8,10,12-16H,3-6,9,11,17-18H2,1-2H3,(H,27,31). The van der Waals surface area contributed by atoms with Gasteiger partial charge in [0.2, 0.25) is 10.0 Å². The van der Waals surface area contributed by atoms with E-state index in [1.165, 1.54) is 27.7 Å². The van der Waals surface area contributed by atoms with Gasteiger partial charge in [-0.05, 0) is 62.1 Å². The van der Waals surface area contributed by atoms with Crippen LogP contribution in [0.5, 0.6) is 0 Å². The normalized spacial score (nSPS) is 13.6. The Bertz CT molecular complexity index is 1230. The minimum atomic E-state index is -3.54. The van der Waals surface area contributed by atoms with Crippen LogP contribution in [0.2, 0.25) is 0 Å². The predicted molar refractivity (Wildman–Crippen MR) is 131 cm³/mol. The third-order valence-corrected chi connectivity index (χ3v) is 8.30. The predicted octanol–water partition coefficient (Wildman–Crippen LogP) is 3.28. The van der Waals surface area contributed by atoms with Gasteiger partial charge in [0.05, 0.1) is 17.1 Å². The van der Waals surface area contributed by atoms with E-state index in [-0.39, 0.29) is 10.8 Å². The van der Waals surface area contributed by atoms with Crippen LogP contribution in [0.1, 0.15) is 48.3 Å². The summed E-state index contributed by atoms with van der Waals surface area (Å²) in [5.41, 5.74) is 4.73. The Labute approximate surface area is 201 Å². The lowest BCUT2D eigenvalue weighted by Crippen LogP contribution is -2.31. The number of hydrogen-bond acceptors (Lipinski definition) is 5. The number of amides is 1. The molecule has 1 aliphatic rings. The van der Waals surface area contributed by atoms with Crippen LogP contribution < -0.4 is 5.32 Å². The molecule has 4 rings (SSSR count). The van der Waals surface area contributed by atoms with Crippen LogP contribution in [0, 0.1) is 0 Å². The number of benzene rings is 1. The molecule has 2 aromatic heterocycles. The minimum Gasteiger partial charge on any atom is -0.350 e. The fourth-order valence-corrected chi connectivity index (χ4v) is 5.89. The van der Waals surface area contributed by atoms with E-state index in [4.69, 9.17) is 5.10 Å². The highest BCUT2D eigenvalue weighted by Gasteiger charge is 2.23. The summed E-state index contributed by atoms with van der Waals surface area (Å²) in [5, 5.41) is 7.77. The number of fused-ring (bicyclic) bond motifs is 1. The van der Waals surface area contributed by atoms with Crippen LogP contribution in [0.4, 0.5) is 0 Å². The lowest BCUT2D eigenvalue weighted by Gasteiger charge is -2.18. The zero-order chi connectivity index (χ0) is 24.1. The van der Waals surface area contributed by atoms with Crippen LogP contribution >= 0.6 is 0 Å². The van der Waals surface area contributed by atoms with Gasteiger partial charge in [-0.25, -0.2) is 8.42 Å². The van der Waals surface area contributed by atoms with Gasteiger partial charge >= 0.3 is 0 Å². The second-order valence-corrected chi connectivity index (χ2v) is 10.2. The highest BCUT2D eigenvalue weighted by atomic mass is 32.2. The van der Waals surface area contributed by atoms with Gasteiger partial charge in [0.15, 0.2) is 0 Å². The molecule has 0 bridgehead atoms. The number of nitrogens with one attached hydrogen (secondary N) is 1. The summed E-state index contributed by atoms with van der Waals surface area (Å²) in [6.07, 6.45) is 6.04. The van der Waals surface area contributed by atoms with Crippen LogP contribution in [0.15, 0.2) is 53.6 Å². The van der Waals surface area contributed by atoms with E-state index in [0.717, 1.165) is 37.1 Å². The maximum absolute atomic E-state index is 12.6. The molecule has 0 fully saturated rings. The average Bonchev–Trinajstić information content (AvgIpc) is 3.24. The molecule has 9 heteroatoms. The third kappa shape index (κ3) is 4.90. The Morgan fingerprint density at radius 2 is 1.79 bits per heavy atom. The van der Waals surface area contributed by atoms with Crippen molar-refractivity contribution in [2.24, 2.45) is 0 Å². The maximum atomic E-state index is 12.6. The van der Waals surface area contributed by atoms with Crippen LogP contribution in [0.25, 0.3) is 11.4 Å². The number of nitrogens with zero attached hydrogens (tertiary/aromatic N) is 4. The molecule has 34 heavy (non-hydrogen) atoms. The van der Waals surface area contributed by atoms with Crippen molar-refractivity contribution in [3.8, 4) is 11.4 Å². The highest BCUT2D eigenvalue weighted by Crippen LogP contribution is 2.30. The van der Waals surface area contributed by atoms with Gasteiger partial charge in [-0.3, -0.25) is 14.5 Å². The molecule has 8 nitrogen and oxygen atoms in total. The first-order valence-electron chi connectivity index (χ1n) is 11.8. The van der Waals surface area contributed by atoms with E-state index in [9.17, 15) is 13.2 Å². The lowest BCUT2D eigenvalue weighted by molar-refractivity contribution is 0.0951. The van der Waals surface area contributed by atoms with Gasteiger partial charge in [0.25, 0.3) is 5.91 Å². The van der Waals surface area contributed by atoms with Gasteiger partial charge in [-0.2, -0.15) is 9.40 Å². The van der Waals surface area contributed by atoms with Crippen molar-refractivity contribution in [3.63, 3.8) is 0 Å². The van der Waals surface area contributed by atoms with Gasteiger partial charge in [-0.1, -0.05) is 19.9 Å². The number of pyridine rings is 1. The summed E-state index contributed by atoms with van der Waals surface area (Å²) in [6, 6.07) is 11.9. The summed E-state index contributed by atoms with van der Waals surface area (Å²) in [5.74, 6) is -0.238. The smallest absolute Gasteiger partial charge is 0.251 e. The largest absolute Gasteiger partial charge is 0.350 e. The van der Waals surface area contributed by atoms with Crippen molar-refractivity contribution in [2.45, 2.75) is 51.0 Å². The Hall–Kier alpha value is -3.04. The molecule has 0 aliphatic heterocycles. The van der Waals surface area contributed by atoms with Crippen molar-refractivity contribution in [3.05, 3.63) is 65.5 Å². The summed E-state index contributed by atoms with van der Waals surface area (Å²) >= 11 is 0. The summed E-state index contributed by atoms with van der Waals surface area (Å²) in [4.78, 5) is 17.3. The number of hydrogen-bond donors (Lipinski definition) is 1. The lowest BCUT2D eigenvalue weighted by atomic mass is 9.95. The van der Waals surface area contributed by atoms with Crippen molar-refractivity contribution < 1.29 is 13.2 Å². The minimum absolute atomic E-state index is 0.193. The molecule has 180 valence electrons. The second-order valence-electron chi connectivity index (χ2n) is 8.29. The Morgan fingerprint density at radius 3 is 2.47 bits per heavy atom. The Morgan fingerprint density at radius 1 is 1.06 bits per heavy atom. The van der Waals surface area contributed by atoms with Gasteiger partial charge < -0.3 is 5.32 Å². The summed E-state index contributed by atoms with van der Waals surface area (Å²) in [7, 11) is -3.54. The van der Waals surface area contributed by atoms with Crippen LogP contribution in [0.3, 0.4) is 0 Å². The van der Waals surface area contributed by atoms with Crippen molar-refractivity contribution in [2.75, 3.05) is 19.6 Å². The third-order valence-electron chi connectivity index (χ3n) is 6.23.